The van der Waals surface area contributed by atoms with Gasteiger partial charge in [-0.25, -0.2) is 17.2 Å². The molecule has 0 aliphatic heterocycles. The maximum atomic E-state index is 13.2. The molecule has 0 amide bonds. The summed E-state index contributed by atoms with van der Waals surface area (Å²) in [5, 5.41) is 0. The number of sulfonamides is 1. The van der Waals surface area contributed by atoms with Gasteiger partial charge >= 0.3 is 0 Å². The van der Waals surface area contributed by atoms with Gasteiger partial charge in [0.05, 0.1) is 16.3 Å². The molecule has 2 aromatic carbocycles. The molecule has 106 valence electrons. The first-order valence-electron chi connectivity index (χ1n) is 5.62. The standard InChI is InChI=1S/C13H12F2N2O2S/c1-17(13-5-3-2-4-12(13)16)20(18,19)9-6-7-10(14)11(15)8-9/h2-8H,16H2,1H3. The van der Waals surface area contributed by atoms with Gasteiger partial charge < -0.3 is 5.73 Å². The van der Waals surface area contributed by atoms with Gasteiger partial charge in [0.25, 0.3) is 10.0 Å². The van der Waals surface area contributed by atoms with E-state index in [0.29, 0.717) is 6.07 Å². The summed E-state index contributed by atoms with van der Waals surface area (Å²) >= 11 is 0. The highest BCUT2D eigenvalue weighted by Gasteiger charge is 2.23. The van der Waals surface area contributed by atoms with Crippen LogP contribution >= 0.6 is 0 Å². The summed E-state index contributed by atoms with van der Waals surface area (Å²) in [6.07, 6.45) is 0. The van der Waals surface area contributed by atoms with Gasteiger partial charge in [-0.05, 0) is 30.3 Å². The van der Waals surface area contributed by atoms with Crippen molar-refractivity contribution in [3.8, 4) is 0 Å². The predicted octanol–water partition coefficient (Wildman–Crippen LogP) is 2.37. The number of hydrogen-bond acceptors (Lipinski definition) is 3. The normalized spacial score (nSPS) is 11.3. The van der Waals surface area contributed by atoms with Gasteiger partial charge in [0.15, 0.2) is 11.6 Å². The average molecular weight is 298 g/mol. The maximum absolute atomic E-state index is 13.2. The highest BCUT2D eigenvalue weighted by molar-refractivity contribution is 7.92. The Morgan fingerprint density at radius 2 is 1.70 bits per heavy atom. The van der Waals surface area contributed by atoms with Crippen LogP contribution in [0.2, 0.25) is 0 Å². The van der Waals surface area contributed by atoms with Crippen LogP contribution in [-0.2, 0) is 10.0 Å². The molecule has 0 aliphatic carbocycles. The molecular formula is C13H12F2N2O2S. The Labute approximate surface area is 115 Å². The molecular weight excluding hydrogens is 286 g/mol. The summed E-state index contributed by atoms with van der Waals surface area (Å²) in [5.41, 5.74) is 6.24. The lowest BCUT2D eigenvalue weighted by atomic mass is 10.3. The van der Waals surface area contributed by atoms with Crippen molar-refractivity contribution in [2.24, 2.45) is 0 Å². The highest BCUT2D eigenvalue weighted by Crippen LogP contribution is 2.27. The van der Waals surface area contributed by atoms with Crippen molar-refractivity contribution in [3.63, 3.8) is 0 Å². The molecule has 0 aliphatic rings. The zero-order valence-corrected chi connectivity index (χ0v) is 11.4. The second kappa shape index (κ2) is 5.09. The third kappa shape index (κ3) is 2.44. The monoisotopic (exact) mass is 298 g/mol. The lowest BCUT2D eigenvalue weighted by Crippen LogP contribution is -2.27. The third-order valence-corrected chi connectivity index (χ3v) is 4.59. The Morgan fingerprint density at radius 1 is 1.05 bits per heavy atom. The molecule has 0 heterocycles. The molecule has 4 nitrogen and oxygen atoms in total. The molecule has 2 N–H and O–H groups in total. The molecule has 0 radical (unpaired) electrons. The lowest BCUT2D eigenvalue weighted by molar-refractivity contribution is 0.504. The number of nitrogens with two attached hydrogens (primary N) is 1. The van der Waals surface area contributed by atoms with Crippen molar-refractivity contribution in [2.75, 3.05) is 17.1 Å². The summed E-state index contributed by atoms with van der Waals surface area (Å²) in [7, 11) is -2.71. The molecule has 2 aromatic rings. The van der Waals surface area contributed by atoms with E-state index >= 15 is 0 Å². The Bertz CT molecular complexity index is 748. The van der Waals surface area contributed by atoms with Gasteiger partial charge in [-0.1, -0.05) is 12.1 Å². The predicted molar refractivity (Wildman–Crippen MR) is 72.8 cm³/mol. The zero-order valence-electron chi connectivity index (χ0n) is 10.5. The van der Waals surface area contributed by atoms with E-state index in [4.69, 9.17) is 5.73 Å². The Morgan fingerprint density at radius 3 is 2.30 bits per heavy atom. The van der Waals surface area contributed by atoms with Crippen molar-refractivity contribution in [1.29, 1.82) is 0 Å². The molecule has 0 spiro atoms. The fourth-order valence-corrected chi connectivity index (χ4v) is 2.93. The SMILES string of the molecule is CN(c1ccccc1N)S(=O)(=O)c1ccc(F)c(F)c1. The van der Waals surface area contributed by atoms with Crippen LogP contribution in [0.3, 0.4) is 0 Å². The quantitative estimate of drug-likeness (QED) is 0.885. The number of halogens is 2. The Kier molecular flexibility index (Phi) is 3.63. The first kappa shape index (κ1) is 14.3. The van der Waals surface area contributed by atoms with Crippen LogP contribution in [0.25, 0.3) is 0 Å². The van der Waals surface area contributed by atoms with Crippen molar-refractivity contribution in [2.45, 2.75) is 4.90 Å². The van der Waals surface area contributed by atoms with E-state index in [1.807, 2.05) is 0 Å². The molecule has 7 heteroatoms. The second-order valence-electron chi connectivity index (χ2n) is 4.11. The van der Waals surface area contributed by atoms with Gasteiger partial charge in [-0.2, -0.15) is 0 Å². The fraction of sp³-hybridized carbons (Fsp3) is 0.0769. The Hall–Kier alpha value is -2.15. The van der Waals surface area contributed by atoms with Gasteiger partial charge in [0.1, 0.15) is 0 Å². The summed E-state index contributed by atoms with van der Waals surface area (Å²) < 4.78 is 51.6. The van der Waals surface area contributed by atoms with Crippen LogP contribution in [0.4, 0.5) is 20.2 Å². The number of nitrogen functional groups attached to an aromatic ring is 1. The van der Waals surface area contributed by atoms with Crippen LogP contribution in [0.1, 0.15) is 0 Å². The first-order chi connectivity index (χ1) is 9.34. The van der Waals surface area contributed by atoms with E-state index in [1.54, 1.807) is 18.2 Å². The molecule has 0 atom stereocenters. The molecule has 0 aromatic heterocycles. The van der Waals surface area contributed by atoms with Crippen LogP contribution in [-0.4, -0.2) is 15.5 Å². The van der Waals surface area contributed by atoms with Gasteiger partial charge in [0.2, 0.25) is 0 Å². The topological polar surface area (TPSA) is 63.4 Å². The van der Waals surface area contributed by atoms with E-state index in [1.165, 1.54) is 13.1 Å². The van der Waals surface area contributed by atoms with Crippen LogP contribution in [0, 0.1) is 11.6 Å². The molecule has 0 saturated heterocycles. The lowest BCUT2D eigenvalue weighted by Gasteiger charge is -2.21. The first-order valence-corrected chi connectivity index (χ1v) is 7.06. The number of anilines is 2. The van der Waals surface area contributed by atoms with Crippen molar-refractivity contribution >= 4 is 21.4 Å². The zero-order chi connectivity index (χ0) is 14.9. The maximum Gasteiger partial charge on any atom is 0.264 e. The van der Waals surface area contributed by atoms with Crippen LogP contribution in [0.5, 0.6) is 0 Å². The van der Waals surface area contributed by atoms with E-state index in [-0.39, 0.29) is 16.3 Å². The van der Waals surface area contributed by atoms with Crippen molar-refractivity contribution < 1.29 is 17.2 Å². The summed E-state index contributed by atoms with van der Waals surface area (Å²) in [5.74, 6) is -2.33. The number of benzene rings is 2. The minimum Gasteiger partial charge on any atom is -0.397 e. The van der Waals surface area contributed by atoms with E-state index in [9.17, 15) is 17.2 Å². The third-order valence-electron chi connectivity index (χ3n) is 2.83. The largest absolute Gasteiger partial charge is 0.397 e. The molecule has 2 rings (SSSR count). The number of nitrogens with zero attached hydrogens (tertiary/aromatic N) is 1. The molecule has 20 heavy (non-hydrogen) atoms. The van der Waals surface area contributed by atoms with E-state index in [2.05, 4.69) is 0 Å². The molecule has 0 bridgehead atoms. The second-order valence-corrected chi connectivity index (χ2v) is 6.08. The van der Waals surface area contributed by atoms with Crippen LogP contribution < -0.4 is 10.0 Å². The van der Waals surface area contributed by atoms with Gasteiger partial charge in [-0.3, -0.25) is 4.31 Å². The minimum absolute atomic E-state index is 0.261. The number of hydrogen-bond donors (Lipinski definition) is 1. The van der Waals surface area contributed by atoms with E-state index < -0.39 is 21.7 Å². The minimum atomic E-state index is -4.01. The smallest absolute Gasteiger partial charge is 0.264 e. The summed E-state index contributed by atoms with van der Waals surface area (Å²) in [6, 6.07) is 8.77. The number of para-hydroxylation sites is 2. The van der Waals surface area contributed by atoms with Crippen molar-refractivity contribution in [3.05, 3.63) is 54.1 Å². The molecule has 0 fully saturated rings. The average Bonchev–Trinajstić information content (AvgIpc) is 2.41. The Balaban J connectivity index is 2.50. The summed E-state index contributed by atoms with van der Waals surface area (Å²) in [4.78, 5) is -0.345. The van der Waals surface area contributed by atoms with E-state index in [0.717, 1.165) is 16.4 Å². The summed E-state index contributed by atoms with van der Waals surface area (Å²) in [6.45, 7) is 0. The fourth-order valence-electron chi connectivity index (χ4n) is 1.70. The van der Waals surface area contributed by atoms with Gasteiger partial charge in [-0.15, -0.1) is 0 Å². The molecule has 0 saturated carbocycles. The van der Waals surface area contributed by atoms with Crippen LogP contribution in [0.15, 0.2) is 47.4 Å². The van der Waals surface area contributed by atoms with Crippen molar-refractivity contribution in [1.82, 2.24) is 0 Å². The van der Waals surface area contributed by atoms with Gasteiger partial charge in [0, 0.05) is 7.05 Å². The number of rotatable bonds is 3. The molecule has 0 unspecified atom stereocenters. The highest BCUT2D eigenvalue weighted by atomic mass is 32.2.